The molecule has 3 rings (SSSR count). The molecule has 1 aromatic heterocycles. The molecule has 1 amide bonds. The van der Waals surface area contributed by atoms with E-state index in [9.17, 15) is 18.0 Å². The largest absolute Gasteiger partial charge is 0.444 e. The molecule has 0 radical (unpaired) electrons. The lowest BCUT2D eigenvalue weighted by atomic mass is 9.71. The molecule has 1 aromatic rings. The third-order valence-corrected chi connectivity index (χ3v) is 5.70. The first-order chi connectivity index (χ1) is 13.0. The van der Waals surface area contributed by atoms with Crippen LogP contribution < -0.4 is 4.90 Å². The number of hydrogen-bond donors (Lipinski definition) is 0. The smallest absolute Gasteiger partial charge is 0.416 e. The van der Waals surface area contributed by atoms with Gasteiger partial charge in [-0.15, -0.1) is 0 Å². The molecule has 2 aliphatic rings. The van der Waals surface area contributed by atoms with Crippen molar-refractivity contribution >= 4 is 11.9 Å². The van der Waals surface area contributed by atoms with Crippen LogP contribution in [0.3, 0.4) is 0 Å². The molecule has 0 unspecified atom stereocenters. The van der Waals surface area contributed by atoms with Gasteiger partial charge in [0.2, 0.25) is 0 Å². The summed E-state index contributed by atoms with van der Waals surface area (Å²) in [5.74, 6) is 0.385. The Balaban J connectivity index is 1.56. The van der Waals surface area contributed by atoms with Crippen LogP contribution in [-0.2, 0) is 10.9 Å². The average Bonchev–Trinajstić information content (AvgIpc) is 2.61. The number of hydrogen-bond acceptors (Lipinski definition) is 4. The minimum atomic E-state index is -4.36. The van der Waals surface area contributed by atoms with E-state index in [1.54, 1.807) is 4.90 Å². The van der Waals surface area contributed by atoms with E-state index in [4.69, 9.17) is 4.74 Å². The molecule has 1 spiro atoms. The summed E-state index contributed by atoms with van der Waals surface area (Å²) in [7, 11) is 0. The van der Waals surface area contributed by atoms with Crippen LogP contribution in [-0.4, -0.2) is 47.8 Å². The Bertz CT molecular complexity index is 697. The highest BCUT2D eigenvalue weighted by Crippen LogP contribution is 2.42. The number of nitrogens with zero attached hydrogens (tertiary/aromatic N) is 3. The van der Waals surface area contributed by atoms with E-state index in [0.29, 0.717) is 32.0 Å². The summed E-state index contributed by atoms with van der Waals surface area (Å²) in [5, 5.41) is 0. The predicted molar refractivity (Wildman–Crippen MR) is 100 cm³/mol. The second-order valence-electron chi connectivity index (χ2n) is 8.85. The van der Waals surface area contributed by atoms with Crippen LogP contribution in [0.4, 0.5) is 23.8 Å². The van der Waals surface area contributed by atoms with Crippen molar-refractivity contribution in [2.24, 2.45) is 5.41 Å². The number of anilines is 1. The van der Waals surface area contributed by atoms with Crippen molar-refractivity contribution in [3.8, 4) is 0 Å². The monoisotopic (exact) mass is 399 g/mol. The van der Waals surface area contributed by atoms with E-state index in [1.807, 2.05) is 25.7 Å². The Hall–Kier alpha value is -1.99. The van der Waals surface area contributed by atoms with Crippen LogP contribution >= 0.6 is 0 Å². The van der Waals surface area contributed by atoms with E-state index < -0.39 is 17.3 Å². The second-order valence-corrected chi connectivity index (χ2v) is 8.85. The number of amides is 1. The molecular weight excluding hydrogens is 371 g/mol. The number of pyridine rings is 1. The normalized spacial score (nSPS) is 20.4. The number of aromatic nitrogens is 1. The topological polar surface area (TPSA) is 45.7 Å². The van der Waals surface area contributed by atoms with Gasteiger partial charge < -0.3 is 14.5 Å². The molecule has 28 heavy (non-hydrogen) atoms. The Morgan fingerprint density at radius 1 is 1.07 bits per heavy atom. The van der Waals surface area contributed by atoms with E-state index in [0.717, 1.165) is 37.8 Å². The maximum absolute atomic E-state index is 12.9. The molecule has 2 saturated heterocycles. The molecule has 0 atom stereocenters. The second kappa shape index (κ2) is 7.44. The summed E-state index contributed by atoms with van der Waals surface area (Å²) < 4.78 is 44.3. The number of carbonyl (C=O) groups is 1. The molecule has 5 nitrogen and oxygen atoms in total. The number of likely N-dealkylation sites (tertiary alicyclic amines) is 1. The first kappa shape index (κ1) is 20.7. The Morgan fingerprint density at radius 3 is 2.18 bits per heavy atom. The quantitative estimate of drug-likeness (QED) is 0.686. The van der Waals surface area contributed by atoms with E-state index in [-0.39, 0.29) is 11.5 Å². The fraction of sp³-hybridized carbons (Fsp3) is 0.700. The minimum absolute atomic E-state index is 0.149. The van der Waals surface area contributed by atoms with Crippen LogP contribution in [0, 0.1) is 5.41 Å². The van der Waals surface area contributed by atoms with Crippen LogP contribution in [0.5, 0.6) is 0 Å². The lowest BCUT2D eigenvalue weighted by molar-refractivity contribution is -0.137. The number of carbonyl (C=O) groups excluding carboxylic acids is 1. The van der Waals surface area contributed by atoms with Gasteiger partial charge in [-0.05, 0) is 64.0 Å². The van der Waals surface area contributed by atoms with Crippen molar-refractivity contribution in [2.45, 2.75) is 58.2 Å². The summed E-state index contributed by atoms with van der Waals surface area (Å²) in [5.41, 5.74) is -1.02. The maximum Gasteiger partial charge on any atom is 0.416 e. The zero-order valence-electron chi connectivity index (χ0n) is 16.7. The first-order valence-corrected chi connectivity index (χ1v) is 9.74. The third kappa shape index (κ3) is 4.89. The van der Waals surface area contributed by atoms with Crippen molar-refractivity contribution in [1.82, 2.24) is 9.88 Å². The zero-order valence-corrected chi connectivity index (χ0v) is 16.7. The summed E-state index contributed by atoms with van der Waals surface area (Å²) in [6.07, 6.45) is 0.185. The van der Waals surface area contributed by atoms with Gasteiger partial charge in [-0.1, -0.05) is 0 Å². The Kier molecular flexibility index (Phi) is 5.51. The molecular formula is C20H28F3N3O2. The van der Waals surface area contributed by atoms with Crippen LogP contribution in [0.1, 0.15) is 52.0 Å². The third-order valence-electron chi connectivity index (χ3n) is 5.70. The molecule has 0 N–H and O–H groups in total. The highest BCUT2D eigenvalue weighted by molar-refractivity contribution is 5.68. The predicted octanol–water partition coefficient (Wildman–Crippen LogP) is 4.72. The number of piperidine rings is 2. The van der Waals surface area contributed by atoms with Gasteiger partial charge >= 0.3 is 12.3 Å². The molecule has 0 saturated carbocycles. The molecule has 0 aromatic carbocycles. The van der Waals surface area contributed by atoms with Gasteiger partial charge in [0.25, 0.3) is 0 Å². The summed E-state index contributed by atoms with van der Waals surface area (Å²) in [6, 6.07) is 2.13. The van der Waals surface area contributed by atoms with Crippen molar-refractivity contribution in [1.29, 1.82) is 0 Å². The summed E-state index contributed by atoms with van der Waals surface area (Å²) in [6.45, 7) is 8.25. The standard InChI is InChI=1S/C20H28F3N3O2/c1-18(2,3)28-17(27)26-12-7-19(8-13-26)5-10-25(11-6-19)16-14-15(4-9-24-16)20(21,22)23/h4,9,14H,5-8,10-13H2,1-3H3. The average molecular weight is 399 g/mol. The number of rotatable bonds is 1. The van der Waals surface area contributed by atoms with Gasteiger partial charge in [-0.25, -0.2) is 9.78 Å². The van der Waals surface area contributed by atoms with Crippen molar-refractivity contribution in [2.75, 3.05) is 31.1 Å². The lowest BCUT2D eigenvalue weighted by Gasteiger charge is -2.47. The molecule has 3 heterocycles. The van der Waals surface area contributed by atoms with E-state index in [1.165, 1.54) is 6.20 Å². The molecule has 156 valence electrons. The summed E-state index contributed by atoms with van der Waals surface area (Å²) >= 11 is 0. The van der Waals surface area contributed by atoms with Gasteiger partial charge in [0, 0.05) is 32.4 Å². The van der Waals surface area contributed by atoms with Gasteiger partial charge in [-0.2, -0.15) is 13.2 Å². The van der Waals surface area contributed by atoms with Crippen molar-refractivity contribution < 1.29 is 22.7 Å². The van der Waals surface area contributed by atoms with Crippen molar-refractivity contribution in [3.63, 3.8) is 0 Å². The number of alkyl halides is 3. The van der Waals surface area contributed by atoms with Crippen LogP contribution in [0.25, 0.3) is 0 Å². The summed E-state index contributed by atoms with van der Waals surface area (Å²) in [4.78, 5) is 20.1. The fourth-order valence-corrected chi connectivity index (χ4v) is 3.97. The van der Waals surface area contributed by atoms with Gasteiger partial charge in [-0.3, -0.25) is 0 Å². The number of ether oxygens (including phenoxy) is 1. The highest BCUT2D eigenvalue weighted by atomic mass is 19.4. The van der Waals surface area contributed by atoms with E-state index in [2.05, 4.69) is 4.98 Å². The van der Waals surface area contributed by atoms with Gasteiger partial charge in [0.1, 0.15) is 11.4 Å². The Labute approximate surface area is 163 Å². The molecule has 0 bridgehead atoms. The molecule has 2 aliphatic heterocycles. The first-order valence-electron chi connectivity index (χ1n) is 9.74. The maximum atomic E-state index is 12.9. The number of halogens is 3. The van der Waals surface area contributed by atoms with E-state index >= 15 is 0 Å². The molecule has 0 aliphatic carbocycles. The zero-order chi connectivity index (χ0) is 20.6. The highest BCUT2D eigenvalue weighted by Gasteiger charge is 2.40. The lowest BCUT2D eigenvalue weighted by Crippen LogP contribution is -2.49. The fourth-order valence-electron chi connectivity index (χ4n) is 3.97. The molecule has 8 heteroatoms. The van der Waals surface area contributed by atoms with Gasteiger partial charge in [0.05, 0.1) is 5.56 Å². The SMILES string of the molecule is CC(C)(C)OC(=O)N1CCC2(CC1)CCN(c1cc(C(F)(F)F)ccn1)CC2. The van der Waals surface area contributed by atoms with Crippen LogP contribution in [0.15, 0.2) is 18.3 Å². The minimum Gasteiger partial charge on any atom is -0.444 e. The van der Waals surface area contributed by atoms with Crippen molar-refractivity contribution in [3.05, 3.63) is 23.9 Å². The van der Waals surface area contributed by atoms with Gasteiger partial charge in [0.15, 0.2) is 0 Å². The Morgan fingerprint density at radius 2 is 1.64 bits per heavy atom. The van der Waals surface area contributed by atoms with Crippen LogP contribution in [0.2, 0.25) is 0 Å². The molecule has 2 fully saturated rings.